The van der Waals surface area contributed by atoms with Crippen molar-refractivity contribution < 1.29 is 17.9 Å². The fourth-order valence-corrected chi connectivity index (χ4v) is 5.52. The lowest BCUT2D eigenvalue weighted by Crippen LogP contribution is -2.39. The maximum Gasteiger partial charge on any atom is 0.261 e. The maximum absolute atomic E-state index is 12.9. The molecule has 184 valence electrons. The number of anilines is 1. The van der Waals surface area contributed by atoms with Crippen molar-refractivity contribution in [3.8, 4) is 0 Å². The largest absolute Gasteiger partial charge is 0.379 e. The quantitative estimate of drug-likeness (QED) is 0.477. The van der Waals surface area contributed by atoms with E-state index in [9.17, 15) is 13.2 Å². The van der Waals surface area contributed by atoms with Gasteiger partial charge in [0.05, 0.1) is 23.5 Å². The summed E-state index contributed by atoms with van der Waals surface area (Å²) in [6.07, 6.45) is 4.50. The first kappa shape index (κ1) is 24.7. The fourth-order valence-electron chi connectivity index (χ4n) is 4.47. The molecule has 1 heterocycles. The second kappa shape index (κ2) is 10.9. The zero-order valence-electron chi connectivity index (χ0n) is 19.9. The van der Waals surface area contributed by atoms with E-state index in [2.05, 4.69) is 21.9 Å². The van der Waals surface area contributed by atoms with Crippen molar-refractivity contribution >= 4 is 21.6 Å². The second-order valence-electron chi connectivity index (χ2n) is 9.22. The summed E-state index contributed by atoms with van der Waals surface area (Å²) in [5.74, 6) is 0.0648. The smallest absolute Gasteiger partial charge is 0.261 e. The first-order chi connectivity index (χ1) is 16.4. The molecule has 1 aliphatic carbocycles. The minimum atomic E-state index is -3.66. The van der Waals surface area contributed by atoms with Gasteiger partial charge in [0.25, 0.3) is 10.0 Å². The van der Waals surface area contributed by atoms with Gasteiger partial charge in [-0.25, -0.2) is 8.42 Å². The number of hydrogen-bond acceptors (Lipinski definition) is 5. The predicted molar refractivity (Wildman–Crippen MR) is 133 cm³/mol. The molecule has 8 heteroatoms. The lowest BCUT2D eigenvalue weighted by molar-refractivity contribution is -0.123. The third-order valence-electron chi connectivity index (χ3n) is 6.69. The molecule has 1 saturated heterocycles. The van der Waals surface area contributed by atoms with Crippen LogP contribution in [0.4, 0.5) is 5.69 Å². The summed E-state index contributed by atoms with van der Waals surface area (Å²) in [5.41, 5.74) is 2.07. The van der Waals surface area contributed by atoms with E-state index in [1.54, 1.807) is 24.3 Å². The Hall–Kier alpha value is -2.42. The van der Waals surface area contributed by atoms with Crippen molar-refractivity contribution in [2.45, 2.75) is 49.3 Å². The van der Waals surface area contributed by atoms with E-state index in [1.807, 2.05) is 24.3 Å². The van der Waals surface area contributed by atoms with Gasteiger partial charge >= 0.3 is 0 Å². The van der Waals surface area contributed by atoms with Gasteiger partial charge in [0.1, 0.15) is 0 Å². The molecule has 2 N–H and O–H groups in total. The number of amides is 1. The first-order valence-corrected chi connectivity index (χ1v) is 13.7. The molecule has 1 saturated carbocycles. The number of nitrogens with one attached hydrogen (secondary N) is 2. The molecule has 7 nitrogen and oxygen atoms in total. The Morgan fingerprint density at radius 1 is 1.03 bits per heavy atom. The van der Waals surface area contributed by atoms with Crippen LogP contribution in [-0.2, 0) is 31.4 Å². The Labute approximate surface area is 202 Å². The van der Waals surface area contributed by atoms with Gasteiger partial charge in [-0.15, -0.1) is 0 Å². The number of rotatable bonds is 11. The van der Waals surface area contributed by atoms with Crippen LogP contribution < -0.4 is 10.0 Å². The highest BCUT2D eigenvalue weighted by atomic mass is 32.2. The van der Waals surface area contributed by atoms with Gasteiger partial charge in [-0.05, 0) is 67.6 Å². The normalized spacial score (nSPS) is 17.8. The molecular weight excluding hydrogens is 450 g/mol. The van der Waals surface area contributed by atoms with Gasteiger partial charge in [0.15, 0.2) is 0 Å². The van der Waals surface area contributed by atoms with E-state index in [1.165, 1.54) is 0 Å². The number of ether oxygens (including phenoxy) is 1. The van der Waals surface area contributed by atoms with Crippen LogP contribution >= 0.6 is 0 Å². The van der Waals surface area contributed by atoms with Crippen molar-refractivity contribution in [3.63, 3.8) is 0 Å². The number of carbonyl (C=O) groups excluding carboxylic acids is 1. The van der Waals surface area contributed by atoms with Gasteiger partial charge in [-0.1, -0.05) is 37.6 Å². The van der Waals surface area contributed by atoms with Crippen LogP contribution in [0.1, 0.15) is 43.7 Å². The molecule has 2 aromatic rings. The van der Waals surface area contributed by atoms with Crippen LogP contribution in [0.3, 0.4) is 0 Å². The summed E-state index contributed by atoms with van der Waals surface area (Å²) in [6.45, 7) is 7.20. The Bertz CT molecular complexity index is 1060. The molecule has 0 unspecified atom stereocenters. The molecule has 0 spiro atoms. The number of morpholine rings is 1. The molecule has 2 aliphatic rings. The van der Waals surface area contributed by atoms with Crippen LogP contribution in [0, 0.1) is 0 Å². The SMILES string of the molecule is CCCc1ccc(S(=O)(=O)Nc2ccc(C3(C(=O)NCCCN4CCOCC4)CC3)cc2)cc1. The van der Waals surface area contributed by atoms with Crippen molar-refractivity contribution in [2.75, 3.05) is 44.1 Å². The van der Waals surface area contributed by atoms with Crippen LogP contribution in [0.15, 0.2) is 53.4 Å². The third kappa shape index (κ3) is 5.98. The average Bonchev–Trinajstić information content (AvgIpc) is 3.65. The molecular formula is C26H35N3O4S. The zero-order chi connectivity index (χ0) is 24.0. The van der Waals surface area contributed by atoms with Gasteiger partial charge in [-0.3, -0.25) is 14.4 Å². The van der Waals surface area contributed by atoms with Crippen LogP contribution in [0.5, 0.6) is 0 Å². The Kier molecular flexibility index (Phi) is 7.91. The van der Waals surface area contributed by atoms with E-state index < -0.39 is 15.4 Å². The molecule has 1 aliphatic heterocycles. The van der Waals surface area contributed by atoms with Gasteiger partial charge in [0, 0.05) is 25.3 Å². The summed E-state index contributed by atoms with van der Waals surface area (Å²) < 4.78 is 33.5. The van der Waals surface area contributed by atoms with Crippen molar-refractivity contribution in [1.29, 1.82) is 0 Å². The summed E-state index contributed by atoms with van der Waals surface area (Å²) in [5, 5.41) is 3.10. The monoisotopic (exact) mass is 485 g/mol. The number of aryl methyl sites for hydroxylation is 1. The van der Waals surface area contributed by atoms with Crippen LogP contribution in [0.25, 0.3) is 0 Å². The molecule has 0 bridgehead atoms. The summed E-state index contributed by atoms with van der Waals surface area (Å²) in [7, 11) is -3.66. The number of sulfonamides is 1. The lowest BCUT2D eigenvalue weighted by Gasteiger charge is -2.26. The van der Waals surface area contributed by atoms with E-state index in [4.69, 9.17) is 4.74 Å². The molecule has 4 rings (SSSR count). The molecule has 34 heavy (non-hydrogen) atoms. The van der Waals surface area contributed by atoms with Gasteiger partial charge in [-0.2, -0.15) is 0 Å². The third-order valence-corrected chi connectivity index (χ3v) is 8.08. The maximum atomic E-state index is 12.9. The van der Waals surface area contributed by atoms with Crippen LogP contribution in [-0.4, -0.2) is 58.6 Å². The minimum absolute atomic E-state index is 0.0648. The van der Waals surface area contributed by atoms with E-state index in [0.29, 0.717) is 12.2 Å². The zero-order valence-corrected chi connectivity index (χ0v) is 20.7. The van der Waals surface area contributed by atoms with Crippen molar-refractivity contribution in [2.24, 2.45) is 0 Å². The molecule has 0 aromatic heterocycles. The van der Waals surface area contributed by atoms with Gasteiger partial charge < -0.3 is 10.1 Å². The summed E-state index contributed by atoms with van der Waals surface area (Å²) >= 11 is 0. The number of nitrogens with zero attached hydrogens (tertiary/aromatic N) is 1. The molecule has 0 radical (unpaired) electrons. The summed E-state index contributed by atoms with van der Waals surface area (Å²) in [4.78, 5) is 15.5. The van der Waals surface area contributed by atoms with E-state index in [-0.39, 0.29) is 10.8 Å². The highest BCUT2D eigenvalue weighted by Crippen LogP contribution is 2.48. The highest BCUT2D eigenvalue weighted by molar-refractivity contribution is 7.92. The fraction of sp³-hybridized carbons (Fsp3) is 0.500. The van der Waals surface area contributed by atoms with Crippen molar-refractivity contribution in [1.82, 2.24) is 10.2 Å². The van der Waals surface area contributed by atoms with E-state index >= 15 is 0 Å². The second-order valence-corrected chi connectivity index (χ2v) is 10.9. The number of carbonyl (C=O) groups is 1. The Morgan fingerprint density at radius 2 is 1.71 bits per heavy atom. The summed E-state index contributed by atoms with van der Waals surface area (Å²) in [6, 6.07) is 14.2. The molecule has 2 fully saturated rings. The molecule has 1 amide bonds. The standard InChI is InChI=1S/C26H35N3O4S/c1-2-4-21-5-11-24(12-6-21)34(31,32)28-23-9-7-22(8-10-23)26(13-14-26)25(30)27-15-3-16-29-17-19-33-20-18-29/h5-12,28H,2-4,13-20H2,1H3,(H,27,30). The molecule has 2 aromatic carbocycles. The van der Waals surface area contributed by atoms with Gasteiger partial charge in [0.2, 0.25) is 5.91 Å². The molecule has 0 atom stereocenters. The van der Waals surface area contributed by atoms with Crippen molar-refractivity contribution in [3.05, 3.63) is 59.7 Å². The average molecular weight is 486 g/mol. The highest BCUT2D eigenvalue weighted by Gasteiger charge is 2.51. The first-order valence-electron chi connectivity index (χ1n) is 12.2. The minimum Gasteiger partial charge on any atom is -0.379 e. The predicted octanol–water partition coefficient (Wildman–Crippen LogP) is 3.31. The Morgan fingerprint density at radius 3 is 2.32 bits per heavy atom. The topological polar surface area (TPSA) is 87.7 Å². The number of benzene rings is 2. The van der Waals surface area contributed by atoms with Crippen LogP contribution in [0.2, 0.25) is 0 Å². The number of hydrogen-bond donors (Lipinski definition) is 2. The van der Waals surface area contributed by atoms with E-state index in [0.717, 1.165) is 76.1 Å². The lowest BCUT2D eigenvalue weighted by atomic mass is 9.95. The Balaban J connectivity index is 1.31.